The van der Waals surface area contributed by atoms with Crippen molar-refractivity contribution in [1.82, 2.24) is 14.7 Å². The Labute approximate surface area is 209 Å². The maximum Gasteiger partial charge on any atom is 0.261 e. The molecular weight excluding hydrogens is 495 g/mol. The minimum atomic E-state index is -0.434. The zero-order valence-electron chi connectivity index (χ0n) is 17.3. The van der Waals surface area contributed by atoms with Gasteiger partial charge in [-0.3, -0.25) is 14.5 Å². The third kappa shape index (κ3) is 3.64. The summed E-state index contributed by atoms with van der Waals surface area (Å²) >= 11 is 18.6. The molecule has 3 aromatic carbocycles. The molecule has 0 bridgehead atoms. The number of rotatable bonds is 4. The molecule has 5 rings (SSSR count). The van der Waals surface area contributed by atoms with Crippen molar-refractivity contribution in [3.05, 3.63) is 104 Å². The van der Waals surface area contributed by atoms with Gasteiger partial charge < -0.3 is 0 Å². The number of nitrogens with zero attached hydrogens (tertiary/aromatic N) is 4. The summed E-state index contributed by atoms with van der Waals surface area (Å²) in [4.78, 5) is 26.9. The second kappa shape index (κ2) is 8.62. The Morgan fingerprint density at radius 3 is 2.06 bits per heavy atom. The zero-order chi connectivity index (χ0) is 24.0. The lowest BCUT2D eigenvalue weighted by Gasteiger charge is -2.12. The van der Waals surface area contributed by atoms with E-state index in [9.17, 15) is 14.9 Å². The topological polar surface area (TPSA) is 79.0 Å². The Morgan fingerprint density at radius 1 is 0.853 bits per heavy atom. The van der Waals surface area contributed by atoms with Crippen molar-refractivity contribution in [3.63, 3.8) is 0 Å². The van der Waals surface area contributed by atoms with Crippen LogP contribution in [0.3, 0.4) is 0 Å². The first-order chi connectivity index (χ1) is 16.4. The number of carbonyl (C=O) groups excluding carboxylic acids is 2. The molecule has 0 unspecified atom stereocenters. The van der Waals surface area contributed by atoms with Crippen LogP contribution in [0.25, 0.3) is 16.9 Å². The van der Waals surface area contributed by atoms with Crippen molar-refractivity contribution in [2.45, 2.75) is 6.54 Å². The van der Waals surface area contributed by atoms with Crippen LogP contribution in [0.1, 0.15) is 32.0 Å². The van der Waals surface area contributed by atoms with Gasteiger partial charge in [-0.15, -0.1) is 0 Å². The van der Waals surface area contributed by atoms with Gasteiger partial charge >= 0.3 is 0 Å². The van der Waals surface area contributed by atoms with Crippen LogP contribution in [-0.2, 0) is 6.54 Å². The molecule has 34 heavy (non-hydrogen) atoms. The van der Waals surface area contributed by atoms with Gasteiger partial charge in [0.05, 0.1) is 34.1 Å². The predicted molar refractivity (Wildman–Crippen MR) is 129 cm³/mol. The molecule has 166 valence electrons. The van der Waals surface area contributed by atoms with Gasteiger partial charge in [0, 0.05) is 15.6 Å². The number of imide groups is 1. The van der Waals surface area contributed by atoms with E-state index >= 15 is 0 Å². The average molecular weight is 508 g/mol. The maximum absolute atomic E-state index is 12.9. The van der Waals surface area contributed by atoms with E-state index in [4.69, 9.17) is 34.8 Å². The standard InChI is InChI=1S/C25H13Cl3N4O2/c26-15-7-5-14(6-8-15)23-19(12-29)21(30-32(23)22-10-9-16(27)11-20(22)28)13-31-24(33)17-3-1-2-4-18(17)25(31)34/h1-11H,13H2. The lowest BCUT2D eigenvalue weighted by atomic mass is 10.1. The third-order valence-corrected chi connectivity index (χ3v) is 6.30. The van der Waals surface area contributed by atoms with E-state index in [2.05, 4.69) is 11.2 Å². The van der Waals surface area contributed by atoms with Crippen molar-refractivity contribution in [2.75, 3.05) is 0 Å². The Hall–Kier alpha value is -3.63. The minimum Gasteiger partial charge on any atom is -0.269 e. The molecular formula is C25H13Cl3N4O2. The Bertz CT molecular complexity index is 1490. The lowest BCUT2D eigenvalue weighted by Crippen LogP contribution is -2.29. The van der Waals surface area contributed by atoms with Gasteiger partial charge in [-0.05, 0) is 42.5 Å². The normalized spacial score (nSPS) is 12.7. The summed E-state index contributed by atoms with van der Waals surface area (Å²) in [7, 11) is 0. The molecule has 0 spiro atoms. The van der Waals surface area contributed by atoms with Crippen molar-refractivity contribution in [3.8, 4) is 23.0 Å². The van der Waals surface area contributed by atoms with E-state index in [-0.39, 0.29) is 17.8 Å². The number of carbonyl (C=O) groups is 2. The summed E-state index contributed by atoms with van der Waals surface area (Å²) in [5, 5.41) is 16.0. The quantitative estimate of drug-likeness (QED) is 0.310. The highest BCUT2D eigenvalue weighted by molar-refractivity contribution is 6.35. The third-order valence-electron chi connectivity index (χ3n) is 5.51. The molecule has 0 fully saturated rings. The van der Waals surface area contributed by atoms with Gasteiger partial charge in [0.2, 0.25) is 0 Å². The number of amides is 2. The van der Waals surface area contributed by atoms with Crippen molar-refractivity contribution >= 4 is 46.6 Å². The molecule has 0 saturated carbocycles. The average Bonchev–Trinajstić information content (AvgIpc) is 3.30. The van der Waals surface area contributed by atoms with E-state index in [1.54, 1.807) is 66.7 Å². The first kappa shape index (κ1) is 22.2. The van der Waals surface area contributed by atoms with Crippen LogP contribution >= 0.6 is 34.8 Å². The molecule has 1 aromatic heterocycles. The number of benzene rings is 3. The smallest absolute Gasteiger partial charge is 0.261 e. The van der Waals surface area contributed by atoms with E-state index in [1.807, 2.05) is 0 Å². The van der Waals surface area contributed by atoms with Crippen molar-refractivity contribution in [2.24, 2.45) is 0 Å². The summed E-state index contributed by atoms with van der Waals surface area (Å²) < 4.78 is 1.52. The molecule has 1 aliphatic rings. The van der Waals surface area contributed by atoms with Gasteiger partial charge in [0.25, 0.3) is 11.8 Å². The Balaban J connectivity index is 1.67. The number of nitriles is 1. The van der Waals surface area contributed by atoms with Gasteiger partial charge in [-0.25, -0.2) is 4.68 Å². The fraction of sp³-hybridized carbons (Fsp3) is 0.0400. The summed E-state index contributed by atoms with van der Waals surface area (Å²) in [5.74, 6) is -0.867. The molecule has 0 aliphatic carbocycles. The van der Waals surface area contributed by atoms with E-state index in [1.165, 1.54) is 4.68 Å². The SMILES string of the molecule is N#Cc1c(CN2C(=O)c3ccccc3C2=O)nn(-c2ccc(Cl)cc2Cl)c1-c1ccc(Cl)cc1. The Kier molecular flexibility index (Phi) is 5.62. The van der Waals surface area contributed by atoms with Crippen LogP contribution < -0.4 is 0 Å². The number of aromatic nitrogens is 2. The van der Waals surface area contributed by atoms with Crippen LogP contribution in [-0.4, -0.2) is 26.5 Å². The van der Waals surface area contributed by atoms with E-state index < -0.39 is 11.8 Å². The molecule has 1 aliphatic heterocycles. The molecule has 2 heterocycles. The van der Waals surface area contributed by atoms with Crippen LogP contribution in [0, 0.1) is 11.3 Å². The summed E-state index contributed by atoms with van der Waals surface area (Å²) in [5.41, 5.74) is 2.72. The second-order valence-corrected chi connectivity index (χ2v) is 8.82. The number of hydrogen-bond acceptors (Lipinski definition) is 4. The summed E-state index contributed by atoms with van der Waals surface area (Å²) in [6.45, 7) is -0.173. The van der Waals surface area contributed by atoms with E-state index in [0.717, 1.165) is 4.90 Å². The van der Waals surface area contributed by atoms with Crippen molar-refractivity contribution in [1.29, 1.82) is 5.26 Å². The monoisotopic (exact) mass is 506 g/mol. The first-order valence-electron chi connectivity index (χ1n) is 10.1. The maximum atomic E-state index is 12.9. The molecule has 0 radical (unpaired) electrons. The molecule has 6 nitrogen and oxygen atoms in total. The van der Waals surface area contributed by atoms with Gasteiger partial charge in [0.1, 0.15) is 17.3 Å². The van der Waals surface area contributed by atoms with Gasteiger partial charge in [0.15, 0.2) is 0 Å². The first-order valence-corrected chi connectivity index (χ1v) is 11.2. The van der Waals surface area contributed by atoms with Crippen LogP contribution in [0.2, 0.25) is 15.1 Å². The molecule has 4 aromatic rings. The Morgan fingerprint density at radius 2 is 1.47 bits per heavy atom. The van der Waals surface area contributed by atoms with Gasteiger partial charge in [-0.1, -0.05) is 59.1 Å². The van der Waals surface area contributed by atoms with Crippen LogP contribution in [0.15, 0.2) is 66.7 Å². The molecule has 0 atom stereocenters. The van der Waals surface area contributed by atoms with E-state index in [0.29, 0.717) is 43.1 Å². The summed E-state index contributed by atoms with van der Waals surface area (Å²) in [6.07, 6.45) is 0. The highest BCUT2D eigenvalue weighted by Gasteiger charge is 2.36. The number of hydrogen-bond donors (Lipinski definition) is 0. The van der Waals surface area contributed by atoms with Crippen LogP contribution in [0.5, 0.6) is 0 Å². The van der Waals surface area contributed by atoms with Crippen molar-refractivity contribution < 1.29 is 9.59 Å². The molecule has 9 heteroatoms. The van der Waals surface area contributed by atoms with Crippen LogP contribution in [0.4, 0.5) is 0 Å². The lowest BCUT2D eigenvalue weighted by molar-refractivity contribution is 0.0640. The fourth-order valence-corrected chi connectivity index (χ4v) is 4.54. The van der Waals surface area contributed by atoms with Gasteiger partial charge in [-0.2, -0.15) is 10.4 Å². The second-order valence-electron chi connectivity index (χ2n) is 7.54. The molecule has 0 N–H and O–H groups in total. The number of halogens is 3. The predicted octanol–water partition coefficient (Wildman–Crippen LogP) is 6.17. The minimum absolute atomic E-state index is 0.173. The highest BCUT2D eigenvalue weighted by atomic mass is 35.5. The fourth-order valence-electron chi connectivity index (χ4n) is 3.93. The largest absolute Gasteiger partial charge is 0.269 e. The molecule has 0 saturated heterocycles. The highest BCUT2D eigenvalue weighted by Crippen LogP contribution is 2.34. The number of fused-ring (bicyclic) bond motifs is 1. The molecule has 2 amide bonds. The summed E-state index contributed by atoms with van der Waals surface area (Å²) in [6, 6.07) is 20.6. The zero-order valence-corrected chi connectivity index (χ0v) is 19.6.